The molecule has 2 heterocycles. The van der Waals surface area contributed by atoms with Crippen molar-refractivity contribution in [3.05, 3.63) is 11.7 Å². The number of aryl methyl sites for hydroxylation is 1. The quantitative estimate of drug-likeness (QED) is 0.702. The molecule has 1 aromatic rings. The Morgan fingerprint density at radius 3 is 2.92 bits per heavy atom. The van der Waals surface area contributed by atoms with Gasteiger partial charge in [0, 0.05) is 6.54 Å². The van der Waals surface area contributed by atoms with Crippen LogP contribution in [-0.4, -0.2) is 23.2 Å². The minimum Gasteiger partial charge on any atom is -0.339 e. The first-order chi connectivity index (χ1) is 6.21. The molecule has 1 atom stereocenters. The highest BCUT2D eigenvalue weighted by Crippen LogP contribution is 2.28. The summed E-state index contributed by atoms with van der Waals surface area (Å²) in [4.78, 5) is 4.29. The van der Waals surface area contributed by atoms with Gasteiger partial charge in [0.1, 0.15) is 0 Å². The Morgan fingerprint density at radius 1 is 1.54 bits per heavy atom. The van der Waals surface area contributed by atoms with Crippen LogP contribution in [0.15, 0.2) is 4.52 Å². The van der Waals surface area contributed by atoms with Crippen molar-refractivity contribution in [2.24, 2.45) is 0 Å². The monoisotopic (exact) mass is 181 g/mol. The number of nitrogens with one attached hydrogen (secondary N) is 1. The maximum absolute atomic E-state index is 5.21. The molecule has 1 aliphatic heterocycles. The van der Waals surface area contributed by atoms with Gasteiger partial charge in [0.15, 0.2) is 5.82 Å². The van der Waals surface area contributed by atoms with Gasteiger partial charge < -0.3 is 9.84 Å². The lowest BCUT2D eigenvalue weighted by Gasteiger charge is -2.30. The molecule has 1 aliphatic rings. The third-order valence-corrected chi connectivity index (χ3v) is 2.64. The maximum atomic E-state index is 5.21. The van der Waals surface area contributed by atoms with E-state index in [9.17, 15) is 0 Å². The van der Waals surface area contributed by atoms with Crippen LogP contribution in [0.3, 0.4) is 0 Å². The number of piperidine rings is 1. The molecule has 4 nitrogen and oxygen atoms in total. The minimum absolute atomic E-state index is 0.0412. The van der Waals surface area contributed by atoms with Gasteiger partial charge in [-0.15, -0.1) is 0 Å². The van der Waals surface area contributed by atoms with Crippen molar-refractivity contribution in [2.45, 2.75) is 32.1 Å². The second-order valence-electron chi connectivity index (χ2n) is 3.99. The Bertz CT molecular complexity index is 289. The van der Waals surface area contributed by atoms with Crippen LogP contribution in [0.25, 0.3) is 0 Å². The highest BCUT2D eigenvalue weighted by atomic mass is 16.5. The van der Waals surface area contributed by atoms with Gasteiger partial charge in [0.25, 0.3) is 0 Å². The fraction of sp³-hybridized carbons (Fsp3) is 0.778. The first-order valence-electron chi connectivity index (χ1n) is 4.72. The predicted molar refractivity (Wildman–Crippen MR) is 48.5 cm³/mol. The van der Waals surface area contributed by atoms with Crippen LogP contribution in [-0.2, 0) is 5.41 Å². The van der Waals surface area contributed by atoms with E-state index < -0.39 is 0 Å². The summed E-state index contributed by atoms with van der Waals surface area (Å²) in [5.41, 5.74) is 0.0412. The van der Waals surface area contributed by atoms with Gasteiger partial charge in [-0.05, 0) is 33.2 Å². The second kappa shape index (κ2) is 3.10. The molecule has 0 amide bonds. The Kier molecular flexibility index (Phi) is 2.07. The van der Waals surface area contributed by atoms with E-state index >= 15 is 0 Å². The summed E-state index contributed by atoms with van der Waals surface area (Å²) in [6.45, 7) is 6.07. The number of rotatable bonds is 1. The van der Waals surface area contributed by atoms with Crippen LogP contribution < -0.4 is 5.32 Å². The number of aromatic nitrogens is 2. The molecule has 0 aromatic carbocycles. The van der Waals surface area contributed by atoms with E-state index in [1.54, 1.807) is 0 Å². The topological polar surface area (TPSA) is 51.0 Å². The van der Waals surface area contributed by atoms with Crippen LogP contribution in [0.1, 0.15) is 31.5 Å². The molecular weight excluding hydrogens is 166 g/mol. The van der Waals surface area contributed by atoms with Gasteiger partial charge in [0.2, 0.25) is 5.89 Å². The first kappa shape index (κ1) is 8.69. The zero-order valence-electron chi connectivity index (χ0n) is 8.13. The van der Waals surface area contributed by atoms with Gasteiger partial charge in [-0.2, -0.15) is 4.98 Å². The third kappa shape index (κ3) is 1.58. The Balaban J connectivity index is 2.22. The standard InChI is InChI=1S/C9H15N3O/c1-7-11-8(13-12-7)9(2)4-3-5-10-6-9/h10H,3-6H2,1-2H3/t9-/m0/s1. The normalized spacial score (nSPS) is 29.1. The van der Waals surface area contributed by atoms with Gasteiger partial charge in [0.05, 0.1) is 5.41 Å². The van der Waals surface area contributed by atoms with Crippen LogP contribution in [0.4, 0.5) is 0 Å². The van der Waals surface area contributed by atoms with E-state index in [2.05, 4.69) is 22.4 Å². The summed E-state index contributed by atoms with van der Waals surface area (Å²) in [6, 6.07) is 0. The zero-order chi connectivity index (χ0) is 9.31. The predicted octanol–water partition coefficient (Wildman–Crippen LogP) is 1.02. The van der Waals surface area contributed by atoms with Crippen LogP contribution in [0.2, 0.25) is 0 Å². The van der Waals surface area contributed by atoms with E-state index in [-0.39, 0.29) is 5.41 Å². The molecule has 0 unspecified atom stereocenters. The molecule has 1 fully saturated rings. The van der Waals surface area contributed by atoms with Crippen molar-refractivity contribution in [1.29, 1.82) is 0 Å². The SMILES string of the molecule is Cc1noc([C@@]2(C)CCCNC2)n1. The fourth-order valence-electron chi connectivity index (χ4n) is 1.78. The summed E-state index contributed by atoms with van der Waals surface area (Å²) >= 11 is 0. The van der Waals surface area contributed by atoms with Crippen molar-refractivity contribution >= 4 is 0 Å². The molecule has 0 saturated carbocycles. The molecule has 0 radical (unpaired) electrons. The first-order valence-corrected chi connectivity index (χ1v) is 4.72. The van der Waals surface area contributed by atoms with Crippen LogP contribution in [0.5, 0.6) is 0 Å². The molecule has 13 heavy (non-hydrogen) atoms. The highest BCUT2D eigenvalue weighted by Gasteiger charge is 2.33. The molecule has 1 aromatic heterocycles. The second-order valence-corrected chi connectivity index (χ2v) is 3.99. The van der Waals surface area contributed by atoms with Crippen LogP contribution >= 0.6 is 0 Å². The van der Waals surface area contributed by atoms with E-state index in [0.717, 1.165) is 31.2 Å². The van der Waals surface area contributed by atoms with E-state index in [1.165, 1.54) is 6.42 Å². The largest absolute Gasteiger partial charge is 0.339 e. The molecule has 0 bridgehead atoms. The van der Waals surface area contributed by atoms with Gasteiger partial charge in [-0.1, -0.05) is 5.16 Å². The lowest BCUT2D eigenvalue weighted by Crippen LogP contribution is -2.41. The molecule has 4 heteroatoms. The minimum atomic E-state index is 0.0412. The van der Waals surface area contributed by atoms with Crippen molar-refractivity contribution < 1.29 is 4.52 Å². The number of nitrogens with zero attached hydrogens (tertiary/aromatic N) is 2. The van der Waals surface area contributed by atoms with Gasteiger partial charge in [-0.3, -0.25) is 0 Å². The molecule has 1 saturated heterocycles. The summed E-state index contributed by atoms with van der Waals surface area (Å²) in [7, 11) is 0. The Labute approximate surface area is 77.7 Å². The lowest BCUT2D eigenvalue weighted by atomic mass is 9.83. The van der Waals surface area contributed by atoms with E-state index in [1.807, 2.05) is 6.92 Å². The fourth-order valence-corrected chi connectivity index (χ4v) is 1.78. The van der Waals surface area contributed by atoms with Gasteiger partial charge in [-0.25, -0.2) is 0 Å². The Morgan fingerprint density at radius 2 is 2.38 bits per heavy atom. The zero-order valence-corrected chi connectivity index (χ0v) is 8.13. The van der Waals surface area contributed by atoms with E-state index in [4.69, 9.17) is 4.52 Å². The summed E-state index contributed by atoms with van der Waals surface area (Å²) in [6.07, 6.45) is 2.31. The van der Waals surface area contributed by atoms with Crippen molar-refractivity contribution in [1.82, 2.24) is 15.5 Å². The van der Waals surface area contributed by atoms with Crippen molar-refractivity contribution in [3.63, 3.8) is 0 Å². The van der Waals surface area contributed by atoms with E-state index in [0.29, 0.717) is 0 Å². The lowest BCUT2D eigenvalue weighted by molar-refractivity contribution is 0.245. The van der Waals surface area contributed by atoms with Crippen molar-refractivity contribution in [3.8, 4) is 0 Å². The molecule has 0 aliphatic carbocycles. The average molecular weight is 181 g/mol. The Hall–Kier alpha value is -0.900. The molecule has 0 spiro atoms. The summed E-state index contributed by atoms with van der Waals surface area (Å²) in [5.74, 6) is 1.50. The maximum Gasteiger partial charge on any atom is 0.233 e. The van der Waals surface area contributed by atoms with Gasteiger partial charge >= 0.3 is 0 Å². The molecular formula is C9H15N3O. The molecule has 72 valence electrons. The molecule has 2 rings (SSSR count). The summed E-state index contributed by atoms with van der Waals surface area (Å²) < 4.78 is 5.21. The molecule has 1 N–H and O–H groups in total. The number of hydrogen-bond donors (Lipinski definition) is 1. The third-order valence-electron chi connectivity index (χ3n) is 2.64. The smallest absolute Gasteiger partial charge is 0.233 e. The van der Waals surface area contributed by atoms with Crippen molar-refractivity contribution in [2.75, 3.05) is 13.1 Å². The average Bonchev–Trinajstić information content (AvgIpc) is 2.54. The van der Waals surface area contributed by atoms with Crippen LogP contribution in [0, 0.1) is 6.92 Å². The number of hydrogen-bond acceptors (Lipinski definition) is 4. The highest BCUT2D eigenvalue weighted by molar-refractivity contribution is 5.05. The summed E-state index contributed by atoms with van der Waals surface area (Å²) in [5, 5.41) is 7.18.